The van der Waals surface area contributed by atoms with Gasteiger partial charge in [0.2, 0.25) is 0 Å². The molecular weight excluding hydrogens is 260 g/mol. The summed E-state index contributed by atoms with van der Waals surface area (Å²) in [6, 6.07) is 4.00. The zero-order valence-corrected chi connectivity index (χ0v) is 12.9. The van der Waals surface area contributed by atoms with Crippen LogP contribution in [0.3, 0.4) is 0 Å². The molecule has 1 unspecified atom stereocenters. The molecule has 3 nitrogen and oxygen atoms in total. The molecule has 0 bridgehead atoms. The summed E-state index contributed by atoms with van der Waals surface area (Å²) in [6.45, 7) is 5.06. The summed E-state index contributed by atoms with van der Waals surface area (Å²) in [5.41, 5.74) is 8.65. The number of likely N-dealkylation sites (N-methyl/N-ethyl adjacent to an activating group) is 1. The van der Waals surface area contributed by atoms with Crippen molar-refractivity contribution < 1.29 is 4.74 Å². The number of rotatable bonds is 4. The highest BCUT2D eigenvalue weighted by Gasteiger charge is 2.30. The zero-order chi connectivity index (χ0) is 14.2. The fourth-order valence-corrected chi connectivity index (χ4v) is 2.58. The van der Waals surface area contributed by atoms with Gasteiger partial charge in [-0.1, -0.05) is 11.6 Å². The molecule has 1 aliphatic rings. The fourth-order valence-electron chi connectivity index (χ4n) is 2.32. The van der Waals surface area contributed by atoms with Gasteiger partial charge >= 0.3 is 0 Å². The Balaban J connectivity index is 2.25. The predicted octanol–water partition coefficient (Wildman–Crippen LogP) is 2.48. The first-order valence-electron chi connectivity index (χ1n) is 6.69. The van der Waals surface area contributed by atoms with Gasteiger partial charge in [0.05, 0.1) is 6.61 Å². The van der Waals surface area contributed by atoms with E-state index in [-0.39, 0.29) is 11.6 Å². The molecule has 1 heterocycles. The Hall–Kier alpha value is -0.770. The summed E-state index contributed by atoms with van der Waals surface area (Å²) < 4.78 is 5.73. The second-order valence-corrected chi connectivity index (χ2v) is 6.45. The SMILES string of the molecule is CN(C)C(C)(C)C(N)Cc1cc(Cl)cc2c1OCC2. The highest BCUT2D eigenvalue weighted by Crippen LogP contribution is 2.34. The van der Waals surface area contributed by atoms with E-state index in [2.05, 4.69) is 32.8 Å². The second kappa shape index (κ2) is 5.31. The van der Waals surface area contributed by atoms with Crippen molar-refractivity contribution >= 4 is 11.6 Å². The predicted molar refractivity (Wildman–Crippen MR) is 80.1 cm³/mol. The number of fused-ring (bicyclic) bond motifs is 1. The van der Waals surface area contributed by atoms with Crippen LogP contribution in [-0.4, -0.2) is 37.2 Å². The molecule has 2 N–H and O–H groups in total. The topological polar surface area (TPSA) is 38.5 Å². The van der Waals surface area contributed by atoms with Gasteiger partial charge in [0.1, 0.15) is 5.75 Å². The minimum absolute atomic E-state index is 0.0225. The molecular formula is C15H23ClN2O. The Morgan fingerprint density at radius 1 is 1.42 bits per heavy atom. The van der Waals surface area contributed by atoms with Gasteiger partial charge in [-0.25, -0.2) is 0 Å². The lowest BCUT2D eigenvalue weighted by atomic mass is 9.88. The first-order valence-corrected chi connectivity index (χ1v) is 7.07. The molecule has 19 heavy (non-hydrogen) atoms. The molecule has 0 radical (unpaired) electrons. The Kier molecular flexibility index (Phi) is 4.09. The number of nitrogens with two attached hydrogens (primary N) is 1. The van der Waals surface area contributed by atoms with Gasteiger partial charge in [-0.05, 0) is 57.6 Å². The highest BCUT2D eigenvalue weighted by molar-refractivity contribution is 6.30. The van der Waals surface area contributed by atoms with Gasteiger partial charge in [-0.3, -0.25) is 0 Å². The van der Waals surface area contributed by atoms with Gasteiger partial charge in [-0.2, -0.15) is 0 Å². The van der Waals surface area contributed by atoms with Crippen LogP contribution in [0.1, 0.15) is 25.0 Å². The van der Waals surface area contributed by atoms with Crippen molar-refractivity contribution in [2.45, 2.75) is 38.3 Å². The van der Waals surface area contributed by atoms with Crippen molar-refractivity contribution in [2.24, 2.45) is 5.73 Å². The lowest BCUT2D eigenvalue weighted by Gasteiger charge is -2.38. The van der Waals surface area contributed by atoms with Crippen molar-refractivity contribution in [3.05, 3.63) is 28.3 Å². The minimum Gasteiger partial charge on any atom is -0.493 e. The van der Waals surface area contributed by atoms with E-state index in [0.29, 0.717) is 0 Å². The summed E-state index contributed by atoms with van der Waals surface area (Å²) in [5, 5.41) is 0.772. The monoisotopic (exact) mass is 282 g/mol. The van der Waals surface area contributed by atoms with Crippen LogP contribution in [0, 0.1) is 0 Å². The van der Waals surface area contributed by atoms with Gasteiger partial charge in [0.25, 0.3) is 0 Å². The van der Waals surface area contributed by atoms with Crippen LogP contribution in [0.2, 0.25) is 5.02 Å². The number of halogens is 1. The smallest absolute Gasteiger partial charge is 0.125 e. The molecule has 1 atom stereocenters. The molecule has 1 aromatic carbocycles. The van der Waals surface area contributed by atoms with Crippen LogP contribution in [0.4, 0.5) is 0 Å². The van der Waals surface area contributed by atoms with Crippen molar-refractivity contribution in [3.63, 3.8) is 0 Å². The maximum absolute atomic E-state index is 6.39. The molecule has 0 saturated carbocycles. The molecule has 1 aromatic rings. The summed E-state index contributed by atoms with van der Waals surface area (Å²) in [5.74, 6) is 0.995. The molecule has 0 aliphatic carbocycles. The largest absolute Gasteiger partial charge is 0.493 e. The van der Waals surface area contributed by atoms with Gasteiger partial charge < -0.3 is 15.4 Å². The zero-order valence-electron chi connectivity index (χ0n) is 12.2. The molecule has 0 amide bonds. The summed E-state index contributed by atoms with van der Waals surface area (Å²) in [6.07, 6.45) is 1.71. The molecule has 1 aliphatic heterocycles. The second-order valence-electron chi connectivity index (χ2n) is 6.01. The van der Waals surface area contributed by atoms with E-state index in [0.717, 1.165) is 35.8 Å². The summed E-state index contributed by atoms with van der Waals surface area (Å²) in [4.78, 5) is 2.16. The Labute approximate surface area is 120 Å². The Morgan fingerprint density at radius 3 is 2.74 bits per heavy atom. The third kappa shape index (κ3) is 2.88. The molecule has 0 fully saturated rings. The number of hydrogen-bond donors (Lipinski definition) is 1. The molecule has 2 rings (SSSR count). The maximum Gasteiger partial charge on any atom is 0.125 e. The van der Waals surface area contributed by atoms with Crippen LogP contribution < -0.4 is 10.5 Å². The van der Waals surface area contributed by atoms with Gasteiger partial charge in [0.15, 0.2) is 0 Å². The third-order valence-corrected chi connectivity index (χ3v) is 4.54. The highest BCUT2D eigenvalue weighted by atomic mass is 35.5. The van der Waals surface area contributed by atoms with Gasteiger partial charge in [0, 0.05) is 23.0 Å². The maximum atomic E-state index is 6.39. The first kappa shape index (κ1) is 14.6. The van der Waals surface area contributed by atoms with Gasteiger partial charge in [-0.15, -0.1) is 0 Å². The lowest BCUT2D eigenvalue weighted by molar-refractivity contribution is 0.157. The molecule has 4 heteroatoms. The minimum atomic E-state index is -0.0756. The van der Waals surface area contributed by atoms with E-state index >= 15 is 0 Å². The van der Waals surface area contributed by atoms with E-state index in [1.165, 1.54) is 5.56 Å². The van der Waals surface area contributed by atoms with E-state index in [9.17, 15) is 0 Å². The third-order valence-electron chi connectivity index (χ3n) is 4.33. The summed E-state index contributed by atoms with van der Waals surface area (Å²) >= 11 is 6.18. The van der Waals surface area contributed by atoms with Crippen LogP contribution in [0.15, 0.2) is 12.1 Å². The van der Waals surface area contributed by atoms with Crippen molar-refractivity contribution in [1.29, 1.82) is 0 Å². The number of ether oxygens (including phenoxy) is 1. The molecule has 106 valence electrons. The standard InChI is InChI=1S/C15H23ClN2O/c1-15(2,18(3)4)13(17)9-11-8-12(16)7-10-5-6-19-14(10)11/h7-8,13H,5-6,9,17H2,1-4H3. The summed E-state index contributed by atoms with van der Waals surface area (Å²) in [7, 11) is 4.11. The molecule has 0 aromatic heterocycles. The quantitative estimate of drug-likeness (QED) is 0.922. The van der Waals surface area contributed by atoms with Crippen LogP contribution in [0.25, 0.3) is 0 Å². The first-order chi connectivity index (χ1) is 8.82. The van der Waals surface area contributed by atoms with E-state index in [1.807, 2.05) is 12.1 Å². The van der Waals surface area contributed by atoms with Crippen molar-refractivity contribution in [2.75, 3.05) is 20.7 Å². The normalized spacial score (nSPS) is 16.4. The average molecular weight is 283 g/mol. The number of nitrogens with zero attached hydrogens (tertiary/aromatic N) is 1. The Bertz CT molecular complexity index is 471. The number of hydrogen-bond acceptors (Lipinski definition) is 3. The van der Waals surface area contributed by atoms with E-state index < -0.39 is 0 Å². The number of benzene rings is 1. The van der Waals surface area contributed by atoms with Crippen molar-refractivity contribution in [1.82, 2.24) is 4.90 Å². The molecule has 0 spiro atoms. The fraction of sp³-hybridized carbons (Fsp3) is 0.600. The van der Waals surface area contributed by atoms with Crippen LogP contribution in [-0.2, 0) is 12.8 Å². The van der Waals surface area contributed by atoms with Crippen LogP contribution in [0.5, 0.6) is 5.75 Å². The van der Waals surface area contributed by atoms with E-state index in [4.69, 9.17) is 22.1 Å². The Morgan fingerprint density at radius 2 is 2.11 bits per heavy atom. The lowest BCUT2D eigenvalue weighted by Crippen LogP contribution is -2.54. The average Bonchev–Trinajstić information content (AvgIpc) is 2.76. The van der Waals surface area contributed by atoms with Crippen LogP contribution >= 0.6 is 11.6 Å². The van der Waals surface area contributed by atoms with Crippen molar-refractivity contribution in [3.8, 4) is 5.75 Å². The van der Waals surface area contributed by atoms with E-state index in [1.54, 1.807) is 0 Å². The molecule has 0 saturated heterocycles.